The van der Waals surface area contributed by atoms with Gasteiger partial charge in [-0.3, -0.25) is 4.98 Å². The van der Waals surface area contributed by atoms with Gasteiger partial charge in [-0.15, -0.1) is 0 Å². The highest BCUT2D eigenvalue weighted by atomic mass is 19.1. The maximum Gasteiger partial charge on any atom is 0.404 e. The molecule has 1 aromatic carbocycles. The Kier molecular flexibility index (Phi) is 6.32. The predicted octanol–water partition coefficient (Wildman–Crippen LogP) is 4.94. The van der Waals surface area contributed by atoms with E-state index in [1.165, 1.54) is 12.1 Å². The molecule has 6 atom stereocenters. The van der Waals surface area contributed by atoms with E-state index in [1.54, 1.807) is 19.4 Å². The SMILES string of the molecule is CO[C@H]1C[C@@H]2C[C@@H](F)[C@@H](NC(=O)O)C[C@H]2[C@@H]1/C=C/c1ccc(-c2cccc(F)c2)cn1. The molecule has 2 N–H and O–H groups in total. The van der Waals surface area contributed by atoms with Crippen molar-refractivity contribution in [1.29, 1.82) is 0 Å². The highest BCUT2D eigenvalue weighted by molar-refractivity contribution is 5.65. The summed E-state index contributed by atoms with van der Waals surface area (Å²) in [7, 11) is 1.66. The number of amides is 1. The van der Waals surface area contributed by atoms with Crippen LogP contribution in [0.15, 0.2) is 48.7 Å². The molecule has 0 radical (unpaired) electrons. The van der Waals surface area contributed by atoms with Gasteiger partial charge in [0.05, 0.1) is 17.8 Å². The molecule has 0 spiro atoms. The first-order chi connectivity index (χ1) is 14.9. The maximum atomic E-state index is 14.4. The fourth-order valence-corrected chi connectivity index (χ4v) is 5.12. The van der Waals surface area contributed by atoms with Crippen LogP contribution in [0.4, 0.5) is 13.6 Å². The van der Waals surface area contributed by atoms with E-state index >= 15 is 0 Å². The minimum absolute atomic E-state index is 0.0337. The predicted molar refractivity (Wildman–Crippen MR) is 114 cm³/mol. The number of rotatable bonds is 5. The zero-order valence-electron chi connectivity index (χ0n) is 17.2. The molecule has 1 amide bonds. The number of pyridine rings is 1. The van der Waals surface area contributed by atoms with Crippen molar-refractivity contribution in [2.24, 2.45) is 17.8 Å². The second-order valence-electron chi connectivity index (χ2n) is 8.40. The third-order valence-corrected chi connectivity index (χ3v) is 6.60. The standard InChI is InChI=1S/C24H26F2N2O3/c1-31-23-11-16-10-21(26)22(28-24(29)30)12-20(16)19(23)8-7-18-6-5-15(13-27-18)14-3-2-4-17(25)9-14/h2-9,13,16,19-23,28H,10-12H2,1H3,(H,29,30)/b8-7+/t16-,19-,20+,21+,22-,23-/m0/s1. The lowest BCUT2D eigenvalue weighted by Crippen LogP contribution is -2.47. The van der Waals surface area contributed by atoms with E-state index in [-0.39, 0.29) is 29.7 Å². The molecular weight excluding hydrogens is 402 g/mol. The molecule has 0 bridgehead atoms. The first-order valence-electron chi connectivity index (χ1n) is 10.5. The van der Waals surface area contributed by atoms with Crippen LogP contribution in [0.1, 0.15) is 25.0 Å². The van der Waals surface area contributed by atoms with Gasteiger partial charge in [0.25, 0.3) is 0 Å². The average molecular weight is 428 g/mol. The van der Waals surface area contributed by atoms with Gasteiger partial charge in [-0.1, -0.05) is 24.3 Å². The number of carbonyl (C=O) groups is 1. The highest BCUT2D eigenvalue weighted by Crippen LogP contribution is 2.48. The molecule has 1 heterocycles. The van der Waals surface area contributed by atoms with Crippen LogP contribution >= 0.6 is 0 Å². The molecule has 0 saturated heterocycles. The van der Waals surface area contributed by atoms with Gasteiger partial charge in [-0.05, 0) is 60.9 Å². The lowest BCUT2D eigenvalue weighted by molar-refractivity contribution is 0.0745. The number of hydrogen-bond acceptors (Lipinski definition) is 3. The molecule has 7 heteroatoms. The number of benzene rings is 1. The summed E-state index contributed by atoms with van der Waals surface area (Å²) in [6, 6.07) is 9.46. The minimum Gasteiger partial charge on any atom is -0.465 e. The van der Waals surface area contributed by atoms with Gasteiger partial charge >= 0.3 is 6.09 Å². The monoisotopic (exact) mass is 428 g/mol. The number of ether oxygens (including phenoxy) is 1. The molecule has 0 unspecified atom stereocenters. The van der Waals surface area contributed by atoms with E-state index in [0.29, 0.717) is 12.8 Å². The summed E-state index contributed by atoms with van der Waals surface area (Å²) >= 11 is 0. The largest absolute Gasteiger partial charge is 0.465 e. The molecule has 2 fully saturated rings. The molecule has 31 heavy (non-hydrogen) atoms. The van der Waals surface area contributed by atoms with Gasteiger partial charge in [0.1, 0.15) is 12.0 Å². The first-order valence-corrected chi connectivity index (χ1v) is 10.5. The van der Waals surface area contributed by atoms with Crippen LogP contribution in [-0.4, -0.2) is 41.6 Å². The Hall–Kier alpha value is -2.80. The van der Waals surface area contributed by atoms with Crippen molar-refractivity contribution >= 4 is 12.2 Å². The van der Waals surface area contributed by atoms with E-state index in [1.807, 2.05) is 24.3 Å². The Balaban J connectivity index is 1.49. The smallest absolute Gasteiger partial charge is 0.404 e. The molecule has 1 aromatic heterocycles. The fourth-order valence-electron chi connectivity index (χ4n) is 5.12. The second kappa shape index (κ2) is 9.14. The summed E-state index contributed by atoms with van der Waals surface area (Å²) in [6.45, 7) is 0. The van der Waals surface area contributed by atoms with Gasteiger partial charge in [0.2, 0.25) is 0 Å². The quantitative estimate of drug-likeness (QED) is 0.708. The summed E-state index contributed by atoms with van der Waals surface area (Å²) in [5, 5.41) is 11.3. The molecule has 164 valence electrons. The Morgan fingerprint density at radius 1 is 1.23 bits per heavy atom. The minimum atomic E-state index is -1.19. The zero-order valence-corrected chi connectivity index (χ0v) is 17.2. The van der Waals surface area contributed by atoms with Crippen LogP contribution in [0, 0.1) is 23.6 Å². The average Bonchev–Trinajstić information content (AvgIpc) is 3.09. The Morgan fingerprint density at radius 2 is 2.06 bits per heavy atom. The lowest BCUT2D eigenvalue weighted by Gasteiger charge is -2.36. The van der Waals surface area contributed by atoms with Gasteiger partial charge in [-0.2, -0.15) is 0 Å². The normalized spacial score (nSPS) is 30.3. The van der Waals surface area contributed by atoms with Gasteiger partial charge < -0.3 is 15.2 Å². The molecule has 2 saturated carbocycles. The first kappa shape index (κ1) is 21.4. The van der Waals surface area contributed by atoms with Crippen molar-refractivity contribution in [3.05, 3.63) is 60.2 Å². The van der Waals surface area contributed by atoms with Gasteiger partial charge in [0, 0.05) is 24.8 Å². The van der Waals surface area contributed by atoms with Crippen LogP contribution in [0.25, 0.3) is 17.2 Å². The van der Waals surface area contributed by atoms with E-state index < -0.39 is 18.3 Å². The number of halogens is 2. The third-order valence-electron chi connectivity index (χ3n) is 6.60. The van der Waals surface area contributed by atoms with Crippen LogP contribution in [0.2, 0.25) is 0 Å². The van der Waals surface area contributed by atoms with Crippen molar-refractivity contribution < 1.29 is 23.4 Å². The molecule has 2 aliphatic rings. The lowest BCUT2D eigenvalue weighted by atomic mass is 9.74. The molecule has 4 rings (SSSR count). The Morgan fingerprint density at radius 3 is 2.74 bits per heavy atom. The van der Waals surface area contributed by atoms with Gasteiger partial charge in [0.15, 0.2) is 0 Å². The van der Waals surface area contributed by atoms with Crippen molar-refractivity contribution in [2.75, 3.05) is 7.11 Å². The number of hydrogen-bond donors (Lipinski definition) is 2. The van der Waals surface area contributed by atoms with Gasteiger partial charge in [-0.25, -0.2) is 13.6 Å². The number of carboxylic acid groups (broad SMARTS) is 1. The number of methoxy groups -OCH3 is 1. The summed E-state index contributed by atoms with van der Waals surface area (Å²) < 4.78 is 33.6. The Bertz CT molecular complexity index is 950. The van der Waals surface area contributed by atoms with Crippen LogP contribution in [0.3, 0.4) is 0 Å². The van der Waals surface area contributed by atoms with E-state index in [9.17, 15) is 13.6 Å². The molecule has 0 aliphatic heterocycles. The van der Waals surface area contributed by atoms with E-state index in [0.717, 1.165) is 23.2 Å². The van der Waals surface area contributed by atoms with E-state index in [4.69, 9.17) is 9.84 Å². The number of nitrogens with one attached hydrogen (secondary N) is 1. The molecule has 2 aromatic rings. The second-order valence-corrected chi connectivity index (χ2v) is 8.40. The number of nitrogens with zero attached hydrogens (tertiary/aromatic N) is 1. The van der Waals surface area contributed by atoms with Crippen molar-refractivity contribution in [2.45, 2.75) is 37.6 Å². The molecule has 2 aliphatic carbocycles. The number of alkyl halides is 1. The number of aromatic nitrogens is 1. The third kappa shape index (κ3) is 4.77. The van der Waals surface area contributed by atoms with Crippen molar-refractivity contribution in [3.63, 3.8) is 0 Å². The van der Waals surface area contributed by atoms with Crippen LogP contribution in [0.5, 0.6) is 0 Å². The summed E-state index contributed by atoms with van der Waals surface area (Å²) in [5.74, 6) is 0.0909. The summed E-state index contributed by atoms with van der Waals surface area (Å²) in [4.78, 5) is 15.5. The fraction of sp³-hybridized carbons (Fsp3) is 0.417. The summed E-state index contributed by atoms with van der Waals surface area (Å²) in [6.07, 6.45) is 4.86. The maximum absolute atomic E-state index is 14.4. The van der Waals surface area contributed by atoms with Crippen molar-refractivity contribution in [1.82, 2.24) is 10.3 Å². The van der Waals surface area contributed by atoms with Crippen LogP contribution in [-0.2, 0) is 4.74 Å². The molecular formula is C24H26F2N2O3. The number of fused-ring (bicyclic) bond motifs is 1. The van der Waals surface area contributed by atoms with Crippen LogP contribution < -0.4 is 5.32 Å². The van der Waals surface area contributed by atoms with Crippen molar-refractivity contribution in [3.8, 4) is 11.1 Å². The Labute approximate surface area is 180 Å². The van der Waals surface area contributed by atoms with E-state index in [2.05, 4.69) is 16.4 Å². The summed E-state index contributed by atoms with van der Waals surface area (Å²) in [5.41, 5.74) is 2.36. The zero-order chi connectivity index (χ0) is 22.0. The topological polar surface area (TPSA) is 71.5 Å². The highest BCUT2D eigenvalue weighted by Gasteiger charge is 2.48. The molecule has 5 nitrogen and oxygen atoms in total.